The van der Waals surface area contributed by atoms with Gasteiger partial charge in [0.05, 0.1) is 33.6 Å². The minimum atomic E-state index is -3.08. The normalized spacial score (nSPS) is 17.9. The summed E-state index contributed by atoms with van der Waals surface area (Å²) in [6.07, 6.45) is 6.49. The summed E-state index contributed by atoms with van der Waals surface area (Å²) in [5.41, 5.74) is 0.894. The molecular formula is C29H34F2N2O4S. The quantitative estimate of drug-likeness (QED) is 0.211. The smallest absolute Gasteiger partial charge is 0.340 e. The number of esters is 1. The second-order valence-corrected chi connectivity index (χ2v) is 11.0. The molecule has 0 bridgehead atoms. The third-order valence-electron chi connectivity index (χ3n) is 7.02. The van der Waals surface area contributed by atoms with E-state index in [4.69, 9.17) is 14.5 Å². The number of hydrogen-bond donors (Lipinski definition) is 1. The molecule has 38 heavy (non-hydrogen) atoms. The number of fused-ring (bicyclic) bond motifs is 1. The van der Waals surface area contributed by atoms with Crippen molar-refractivity contribution >= 4 is 39.1 Å². The number of nitrogens with one attached hydrogen (secondary N) is 1. The standard InChI is InChI=1S/C29H34F2N2O4S/c1-4-5-13-37-17-18-9-11-19(12-10-18)27-33-24-15-22(28(35)36-3)23(16-25(24)38-27)32-26(34)20-7-6-8-21(14-20)29(2,30)31/h6-8,14-16,18-19H,4-5,9-13,17H2,1-3H3,(H,32,34)/t18-,19-. The zero-order valence-electron chi connectivity index (χ0n) is 22.0. The van der Waals surface area contributed by atoms with Crippen molar-refractivity contribution in [3.8, 4) is 0 Å². The summed E-state index contributed by atoms with van der Waals surface area (Å²) in [6, 6.07) is 8.63. The van der Waals surface area contributed by atoms with Crippen molar-refractivity contribution in [1.29, 1.82) is 0 Å². The van der Waals surface area contributed by atoms with Gasteiger partial charge >= 0.3 is 5.97 Å². The lowest BCUT2D eigenvalue weighted by atomic mass is 9.83. The van der Waals surface area contributed by atoms with Gasteiger partial charge in [-0.2, -0.15) is 0 Å². The van der Waals surface area contributed by atoms with Crippen molar-refractivity contribution in [1.82, 2.24) is 4.98 Å². The van der Waals surface area contributed by atoms with E-state index in [-0.39, 0.29) is 22.4 Å². The second kappa shape index (κ2) is 12.3. The van der Waals surface area contributed by atoms with Gasteiger partial charge in [0.1, 0.15) is 0 Å². The molecule has 1 fully saturated rings. The average Bonchev–Trinajstić information content (AvgIpc) is 3.33. The van der Waals surface area contributed by atoms with Gasteiger partial charge in [0, 0.05) is 37.2 Å². The molecule has 0 saturated heterocycles. The van der Waals surface area contributed by atoms with E-state index < -0.39 is 17.8 Å². The third kappa shape index (κ3) is 6.74. The van der Waals surface area contributed by atoms with Crippen LogP contribution in [-0.4, -0.2) is 37.2 Å². The Labute approximate surface area is 225 Å². The number of thiazole rings is 1. The highest BCUT2D eigenvalue weighted by atomic mass is 32.1. The predicted octanol–water partition coefficient (Wildman–Crippen LogP) is 7.54. The molecule has 0 aliphatic heterocycles. The van der Waals surface area contributed by atoms with E-state index >= 15 is 0 Å². The van der Waals surface area contributed by atoms with Crippen molar-refractivity contribution in [3.63, 3.8) is 0 Å². The zero-order chi connectivity index (χ0) is 27.3. The molecule has 1 aliphatic rings. The van der Waals surface area contributed by atoms with E-state index in [1.54, 1.807) is 23.5 Å². The summed E-state index contributed by atoms with van der Waals surface area (Å²) in [5, 5.41) is 3.73. The van der Waals surface area contributed by atoms with Crippen LogP contribution in [0.15, 0.2) is 36.4 Å². The van der Waals surface area contributed by atoms with Crippen LogP contribution in [0.2, 0.25) is 0 Å². The summed E-state index contributed by atoms with van der Waals surface area (Å²) in [5.74, 6) is -3.36. The summed E-state index contributed by atoms with van der Waals surface area (Å²) >= 11 is 1.56. The fraction of sp³-hybridized carbons (Fsp3) is 0.483. The molecule has 0 atom stereocenters. The van der Waals surface area contributed by atoms with Crippen molar-refractivity contribution in [3.05, 3.63) is 58.1 Å². The molecule has 1 amide bonds. The molecule has 4 rings (SSSR count). The Kier molecular flexibility index (Phi) is 9.10. The van der Waals surface area contributed by atoms with E-state index in [1.807, 2.05) is 0 Å². The predicted molar refractivity (Wildman–Crippen MR) is 145 cm³/mol. The number of rotatable bonds is 10. The first-order valence-electron chi connectivity index (χ1n) is 13.1. The first kappa shape index (κ1) is 28.1. The van der Waals surface area contributed by atoms with Crippen LogP contribution in [0.4, 0.5) is 14.5 Å². The van der Waals surface area contributed by atoms with Gasteiger partial charge in [-0.05, 0) is 62.3 Å². The van der Waals surface area contributed by atoms with Crippen LogP contribution in [0.25, 0.3) is 10.2 Å². The SMILES string of the molecule is CCCCOC[C@H]1CC[C@H](c2nc3cc(C(=O)OC)c(NC(=O)c4cccc(C(C)(F)F)c4)cc3s2)CC1. The molecule has 1 heterocycles. The molecule has 0 radical (unpaired) electrons. The van der Waals surface area contributed by atoms with Gasteiger partial charge in [0.15, 0.2) is 0 Å². The van der Waals surface area contributed by atoms with Gasteiger partial charge in [0.25, 0.3) is 11.8 Å². The van der Waals surface area contributed by atoms with Gasteiger partial charge in [-0.25, -0.2) is 18.6 Å². The molecule has 1 aliphatic carbocycles. The second-order valence-electron chi connectivity index (χ2n) is 9.98. The molecule has 1 aromatic heterocycles. The number of aromatic nitrogens is 1. The molecule has 204 valence electrons. The van der Waals surface area contributed by atoms with Crippen LogP contribution in [0, 0.1) is 5.92 Å². The summed E-state index contributed by atoms with van der Waals surface area (Å²) in [4.78, 5) is 30.3. The lowest BCUT2D eigenvalue weighted by Gasteiger charge is -2.27. The molecule has 1 saturated carbocycles. The van der Waals surface area contributed by atoms with Crippen molar-refractivity contribution in [2.45, 2.75) is 64.2 Å². The topological polar surface area (TPSA) is 77.5 Å². The lowest BCUT2D eigenvalue weighted by molar-refractivity contribution is 0.0174. The molecule has 0 spiro atoms. The monoisotopic (exact) mass is 544 g/mol. The summed E-state index contributed by atoms with van der Waals surface area (Å²) in [7, 11) is 1.27. The van der Waals surface area contributed by atoms with Gasteiger partial charge in [-0.15, -0.1) is 11.3 Å². The number of hydrogen-bond acceptors (Lipinski definition) is 6. The van der Waals surface area contributed by atoms with E-state index in [9.17, 15) is 18.4 Å². The molecular weight excluding hydrogens is 510 g/mol. The van der Waals surface area contributed by atoms with E-state index in [1.165, 1.54) is 25.3 Å². The average molecular weight is 545 g/mol. The van der Waals surface area contributed by atoms with Crippen LogP contribution < -0.4 is 5.32 Å². The number of nitrogens with zero attached hydrogens (tertiary/aromatic N) is 1. The minimum absolute atomic E-state index is 0.0698. The van der Waals surface area contributed by atoms with Crippen LogP contribution >= 0.6 is 11.3 Å². The number of carbonyl (C=O) groups excluding carboxylic acids is 2. The van der Waals surface area contributed by atoms with Gasteiger partial charge in [0.2, 0.25) is 0 Å². The molecule has 9 heteroatoms. The Hall–Kier alpha value is -2.91. The number of ether oxygens (including phenoxy) is 2. The van der Waals surface area contributed by atoms with Crippen molar-refractivity contribution < 1.29 is 27.8 Å². The first-order chi connectivity index (χ1) is 18.2. The van der Waals surface area contributed by atoms with Gasteiger partial charge in [-0.1, -0.05) is 25.5 Å². The molecule has 3 aromatic rings. The maximum atomic E-state index is 13.8. The number of unbranched alkanes of at least 4 members (excludes halogenated alkanes) is 1. The Balaban J connectivity index is 1.52. The van der Waals surface area contributed by atoms with Crippen LogP contribution in [-0.2, 0) is 15.4 Å². The fourth-order valence-corrected chi connectivity index (χ4v) is 5.91. The van der Waals surface area contributed by atoms with Gasteiger partial charge in [-0.3, -0.25) is 4.79 Å². The Morgan fingerprint density at radius 1 is 1.16 bits per heavy atom. The number of anilines is 1. The maximum absolute atomic E-state index is 13.8. The largest absolute Gasteiger partial charge is 0.465 e. The Morgan fingerprint density at radius 3 is 2.61 bits per heavy atom. The molecule has 0 unspecified atom stereocenters. The lowest BCUT2D eigenvalue weighted by Crippen LogP contribution is -2.18. The molecule has 2 aromatic carbocycles. The summed E-state index contributed by atoms with van der Waals surface area (Å²) in [6.45, 7) is 4.58. The number of benzene rings is 2. The number of alkyl halides is 2. The van der Waals surface area contributed by atoms with Crippen molar-refractivity contribution in [2.24, 2.45) is 5.92 Å². The number of carbonyl (C=O) groups is 2. The Bertz CT molecular complexity index is 1280. The highest BCUT2D eigenvalue weighted by molar-refractivity contribution is 7.18. The van der Waals surface area contributed by atoms with E-state index in [0.717, 1.165) is 74.4 Å². The highest BCUT2D eigenvalue weighted by Crippen LogP contribution is 2.40. The van der Waals surface area contributed by atoms with Crippen LogP contribution in [0.5, 0.6) is 0 Å². The summed E-state index contributed by atoms with van der Waals surface area (Å²) < 4.78 is 39.1. The molecule has 6 nitrogen and oxygen atoms in total. The number of amides is 1. The zero-order valence-corrected chi connectivity index (χ0v) is 22.8. The number of methoxy groups -OCH3 is 1. The highest BCUT2D eigenvalue weighted by Gasteiger charge is 2.27. The van der Waals surface area contributed by atoms with Crippen LogP contribution in [0.1, 0.15) is 89.6 Å². The molecule has 1 N–H and O–H groups in total. The number of halogens is 2. The minimum Gasteiger partial charge on any atom is -0.465 e. The third-order valence-corrected chi connectivity index (χ3v) is 8.20. The van der Waals surface area contributed by atoms with E-state index in [0.29, 0.717) is 17.4 Å². The van der Waals surface area contributed by atoms with Gasteiger partial charge < -0.3 is 14.8 Å². The maximum Gasteiger partial charge on any atom is 0.340 e. The first-order valence-corrected chi connectivity index (χ1v) is 13.9. The van der Waals surface area contributed by atoms with E-state index in [2.05, 4.69) is 12.2 Å². The fourth-order valence-electron chi connectivity index (χ4n) is 4.75. The van der Waals surface area contributed by atoms with Crippen LogP contribution in [0.3, 0.4) is 0 Å². The Morgan fingerprint density at radius 2 is 1.92 bits per heavy atom. The van der Waals surface area contributed by atoms with Crippen molar-refractivity contribution in [2.75, 3.05) is 25.6 Å².